The van der Waals surface area contributed by atoms with Gasteiger partial charge in [0.25, 0.3) is 0 Å². The number of oxazole rings is 1. The van der Waals surface area contributed by atoms with E-state index in [9.17, 15) is 0 Å². The van der Waals surface area contributed by atoms with Crippen LogP contribution >= 0.6 is 11.3 Å². The maximum atomic E-state index is 6.16. The number of benzene rings is 5. The van der Waals surface area contributed by atoms with E-state index in [1.165, 1.54) is 36.9 Å². The summed E-state index contributed by atoms with van der Waals surface area (Å²) in [6, 6.07) is 40.3. The molecule has 0 spiro atoms. The molecule has 0 atom stereocenters. The van der Waals surface area contributed by atoms with Gasteiger partial charge in [0, 0.05) is 25.7 Å². The average molecular weight is 454 g/mol. The summed E-state index contributed by atoms with van der Waals surface area (Å²) in [5.74, 6) is 0.645. The predicted molar refractivity (Wildman–Crippen MR) is 143 cm³/mol. The summed E-state index contributed by atoms with van der Waals surface area (Å²) in [4.78, 5) is 4.73. The molecule has 7 rings (SSSR count). The van der Waals surface area contributed by atoms with Crippen molar-refractivity contribution in [2.24, 2.45) is 0 Å². The Morgan fingerprint density at radius 2 is 1.29 bits per heavy atom. The van der Waals surface area contributed by atoms with E-state index in [0.717, 1.165) is 22.2 Å². The topological polar surface area (TPSA) is 26.0 Å². The zero-order valence-electron chi connectivity index (χ0n) is 18.2. The summed E-state index contributed by atoms with van der Waals surface area (Å²) in [6.07, 6.45) is 0. The summed E-state index contributed by atoms with van der Waals surface area (Å²) in [5.41, 5.74) is 7.40. The minimum atomic E-state index is 0.645. The highest BCUT2D eigenvalue weighted by molar-refractivity contribution is 7.26. The van der Waals surface area contributed by atoms with Gasteiger partial charge in [0.2, 0.25) is 5.89 Å². The second-order valence-corrected chi connectivity index (χ2v) is 9.48. The number of rotatable bonds is 3. The van der Waals surface area contributed by atoms with Crippen molar-refractivity contribution in [2.45, 2.75) is 0 Å². The lowest BCUT2D eigenvalue weighted by atomic mass is 10.0. The van der Waals surface area contributed by atoms with Crippen molar-refractivity contribution in [3.05, 3.63) is 115 Å². The molecule has 0 aliphatic heterocycles. The Morgan fingerprint density at radius 3 is 2.18 bits per heavy atom. The van der Waals surface area contributed by atoms with Gasteiger partial charge in [-0.25, -0.2) is 4.98 Å². The highest BCUT2D eigenvalue weighted by Crippen LogP contribution is 2.40. The molecule has 0 unspecified atom stereocenters. The van der Waals surface area contributed by atoms with E-state index in [4.69, 9.17) is 9.40 Å². The minimum Gasteiger partial charge on any atom is -0.436 e. The summed E-state index contributed by atoms with van der Waals surface area (Å²) < 4.78 is 8.81. The van der Waals surface area contributed by atoms with Crippen molar-refractivity contribution >= 4 is 42.6 Å². The van der Waals surface area contributed by atoms with Gasteiger partial charge in [-0.1, -0.05) is 84.9 Å². The van der Waals surface area contributed by atoms with Gasteiger partial charge < -0.3 is 4.42 Å². The van der Waals surface area contributed by atoms with Gasteiger partial charge in [-0.15, -0.1) is 11.3 Å². The third kappa shape index (κ3) is 3.13. The van der Waals surface area contributed by atoms with Gasteiger partial charge in [-0.05, 0) is 52.6 Å². The Hall–Kier alpha value is -4.21. The third-order valence-electron chi connectivity index (χ3n) is 6.34. The lowest BCUT2D eigenvalue weighted by molar-refractivity contribution is 0.620. The van der Waals surface area contributed by atoms with Gasteiger partial charge in [0.1, 0.15) is 5.52 Å². The molecule has 7 aromatic rings. The smallest absolute Gasteiger partial charge is 0.227 e. The Balaban J connectivity index is 1.27. The molecular weight excluding hydrogens is 434 g/mol. The van der Waals surface area contributed by atoms with Crippen molar-refractivity contribution in [3.63, 3.8) is 0 Å². The molecular formula is C31H19NOS. The van der Waals surface area contributed by atoms with Crippen molar-refractivity contribution in [1.29, 1.82) is 0 Å². The molecule has 2 nitrogen and oxygen atoms in total. The van der Waals surface area contributed by atoms with Crippen LogP contribution in [0.5, 0.6) is 0 Å². The Labute approximate surface area is 200 Å². The van der Waals surface area contributed by atoms with Crippen LogP contribution in [0.2, 0.25) is 0 Å². The maximum Gasteiger partial charge on any atom is 0.227 e. The first-order valence-corrected chi connectivity index (χ1v) is 12.1. The molecule has 0 aliphatic carbocycles. The Kier molecular flexibility index (Phi) is 4.36. The van der Waals surface area contributed by atoms with Gasteiger partial charge in [-0.3, -0.25) is 0 Å². The van der Waals surface area contributed by atoms with Crippen LogP contribution in [0.15, 0.2) is 120 Å². The number of hydrogen-bond acceptors (Lipinski definition) is 3. The van der Waals surface area contributed by atoms with Crippen molar-refractivity contribution in [3.8, 4) is 33.7 Å². The summed E-state index contributed by atoms with van der Waals surface area (Å²) in [7, 11) is 0. The van der Waals surface area contributed by atoms with Crippen molar-refractivity contribution in [2.75, 3.05) is 0 Å². The number of fused-ring (bicyclic) bond motifs is 4. The molecule has 0 saturated carbocycles. The first kappa shape index (κ1) is 19.3. The molecule has 5 aromatic carbocycles. The zero-order chi connectivity index (χ0) is 22.5. The minimum absolute atomic E-state index is 0.645. The molecule has 0 N–H and O–H groups in total. The van der Waals surface area contributed by atoms with E-state index in [1.54, 1.807) is 0 Å². The van der Waals surface area contributed by atoms with E-state index in [0.29, 0.717) is 5.89 Å². The van der Waals surface area contributed by atoms with E-state index >= 15 is 0 Å². The maximum absolute atomic E-state index is 6.16. The highest BCUT2D eigenvalue weighted by atomic mass is 32.1. The standard InChI is InChI=1S/C31H19NOS/c1-2-7-20(8-3-1)23-17-18-27-28(19-23)33-31(32-27)22-15-13-21(14-16-22)24-10-6-11-26-25-9-4-5-12-29(25)34-30(24)26/h1-19H. The molecule has 0 radical (unpaired) electrons. The van der Waals surface area contributed by atoms with E-state index in [1.807, 2.05) is 35.6 Å². The van der Waals surface area contributed by atoms with Gasteiger partial charge >= 0.3 is 0 Å². The fraction of sp³-hybridized carbons (Fsp3) is 0. The van der Waals surface area contributed by atoms with Gasteiger partial charge in [0.15, 0.2) is 5.58 Å². The highest BCUT2D eigenvalue weighted by Gasteiger charge is 2.12. The first-order valence-electron chi connectivity index (χ1n) is 11.3. The second-order valence-electron chi connectivity index (χ2n) is 8.43. The SMILES string of the molecule is c1ccc(-c2ccc3nc(-c4ccc(-c5cccc6c5sc5ccccc56)cc4)oc3c2)cc1. The molecule has 0 saturated heterocycles. The van der Waals surface area contributed by atoms with Crippen LogP contribution in [0.25, 0.3) is 65.0 Å². The third-order valence-corrected chi connectivity index (χ3v) is 7.56. The predicted octanol–water partition coefficient (Wildman–Crippen LogP) is 9.20. The molecule has 3 heteroatoms. The number of thiophene rings is 1. The summed E-state index contributed by atoms with van der Waals surface area (Å²) >= 11 is 1.86. The van der Waals surface area contributed by atoms with Gasteiger partial charge in [0.05, 0.1) is 0 Å². The van der Waals surface area contributed by atoms with E-state index < -0.39 is 0 Å². The monoisotopic (exact) mass is 453 g/mol. The van der Waals surface area contributed by atoms with Crippen molar-refractivity contribution < 1.29 is 4.42 Å². The van der Waals surface area contributed by atoms with Crippen LogP contribution in [0, 0.1) is 0 Å². The molecule has 2 aromatic heterocycles. The van der Waals surface area contributed by atoms with Crippen LogP contribution in [0.4, 0.5) is 0 Å². The van der Waals surface area contributed by atoms with Crippen LogP contribution in [-0.4, -0.2) is 4.98 Å². The molecule has 0 amide bonds. The van der Waals surface area contributed by atoms with Crippen LogP contribution < -0.4 is 0 Å². The van der Waals surface area contributed by atoms with Crippen LogP contribution in [0.3, 0.4) is 0 Å². The zero-order valence-corrected chi connectivity index (χ0v) is 19.0. The summed E-state index contributed by atoms with van der Waals surface area (Å²) in [5, 5.41) is 2.64. The number of aromatic nitrogens is 1. The van der Waals surface area contributed by atoms with Crippen LogP contribution in [0.1, 0.15) is 0 Å². The normalized spacial score (nSPS) is 11.5. The average Bonchev–Trinajstić information content (AvgIpc) is 3.50. The van der Waals surface area contributed by atoms with Gasteiger partial charge in [-0.2, -0.15) is 0 Å². The van der Waals surface area contributed by atoms with Crippen molar-refractivity contribution in [1.82, 2.24) is 4.98 Å². The van der Waals surface area contributed by atoms with Crippen LogP contribution in [-0.2, 0) is 0 Å². The number of nitrogens with zero attached hydrogens (tertiary/aromatic N) is 1. The Morgan fingerprint density at radius 1 is 0.559 bits per heavy atom. The fourth-order valence-corrected chi connectivity index (χ4v) is 5.86. The molecule has 34 heavy (non-hydrogen) atoms. The van der Waals surface area contributed by atoms with E-state index in [-0.39, 0.29) is 0 Å². The fourth-order valence-electron chi connectivity index (χ4n) is 4.63. The molecule has 0 aliphatic rings. The second kappa shape index (κ2) is 7.68. The van der Waals surface area contributed by atoms with E-state index in [2.05, 4.69) is 91.0 Å². The molecule has 160 valence electrons. The largest absolute Gasteiger partial charge is 0.436 e. The molecule has 0 bridgehead atoms. The lowest BCUT2D eigenvalue weighted by Gasteiger charge is -2.04. The summed E-state index contributed by atoms with van der Waals surface area (Å²) in [6.45, 7) is 0. The first-order chi connectivity index (χ1) is 16.8. The quantitative estimate of drug-likeness (QED) is 0.266. The number of hydrogen-bond donors (Lipinski definition) is 0. The Bertz CT molecular complexity index is 1790. The molecule has 2 heterocycles. The molecule has 0 fully saturated rings. The lowest BCUT2D eigenvalue weighted by Crippen LogP contribution is -1.81.